The smallest absolute Gasteiger partial charge is 0.148 e. The van der Waals surface area contributed by atoms with Crippen molar-refractivity contribution in [3.63, 3.8) is 0 Å². The number of aromatic nitrogens is 2. The van der Waals surface area contributed by atoms with Crippen molar-refractivity contribution in [3.8, 4) is 0 Å². The fraction of sp³-hybridized carbons (Fsp3) is 0.391. The van der Waals surface area contributed by atoms with Gasteiger partial charge in [-0.1, -0.05) is 6.92 Å². The van der Waals surface area contributed by atoms with E-state index in [0.29, 0.717) is 11.6 Å². The molecule has 0 aliphatic carbocycles. The average molecular weight is 455 g/mol. The summed E-state index contributed by atoms with van der Waals surface area (Å²) >= 11 is 3.21. The minimum absolute atomic E-state index is 0.102. The summed E-state index contributed by atoms with van der Waals surface area (Å²) in [7, 11) is 0. The van der Waals surface area contributed by atoms with Gasteiger partial charge in [0.15, 0.2) is 0 Å². The van der Waals surface area contributed by atoms with Crippen LogP contribution in [-0.2, 0) is 4.74 Å². The fourth-order valence-electron chi connectivity index (χ4n) is 5.33. The lowest BCUT2D eigenvalue weighted by Gasteiger charge is -2.37. The minimum Gasteiger partial charge on any atom is -0.379 e. The van der Waals surface area contributed by atoms with E-state index in [1.807, 2.05) is 6.07 Å². The maximum absolute atomic E-state index is 14.7. The average Bonchev–Trinajstić information content (AvgIpc) is 3.55. The van der Waals surface area contributed by atoms with Gasteiger partial charge in [-0.3, -0.25) is 4.90 Å². The molecule has 5 nitrogen and oxygen atoms in total. The summed E-state index contributed by atoms with van der Waals surface area (Å²) < 4.78 is 21.4. The molecule has 1 N–H and O–H groups in total. The Balaban J connectivity index is 1.39. The van der Waals surface area contributed by atoms with Crippen molar-refractivity contribution in [2.24, 2.45) is 0 Å². The Hall–Kier alpha value is -2.13. The third kappa shape index (κ3) is 3.08. The lowest BCUT2D eigenvalue weighted by Crippen LogP contribution is -2.47. The number of halogens is 1. The number of nitrogens with zero attached hydrogens (tertiary/aromatic N) is 3. The molecule has 4 aromatic rings. The highest BCUT2D eigenvalue weighted by Gasteiger charge is 2.51. The molecule has 2 aliphatic rings. The van der Waals surface area contributed by atoms with Crippen LogP contribution >= 0.6 is 22.7 Å². The third-order valence-corrected chi connectivity index (χ3v) is 8.82. The molecular formula is C23H23FN4OS2. The number of thiophene rings is 1. The third-order valence-electron chi connectivity index (χ3n) is 6.87. The zero-order valence-corrected chi connectivity index (χ0v) is 18.9. The second-order valence-corrected chi connectivity index (χ2v) is 10.3. The first-order valence-corrected chi connectivity index (χ1v) is 12.4. The summed E-state index contributed by atoms with van der Waals surface area (Å²) in [4.78, 5) is 13.9. The second-order valence-electron chi connectivity index (χ2n) is 8.33. The molecule has 0 unspecified atom stereocenters. The topological polar surface area (TPSA) is 50.3 Å². The second kappa shape index (κ2) is 7.48. The van der Waals surface area contributed by atoms with E-state index in [4.69, 9.17) is 4.74 Å². The Morgan fingerprint density at radius 3 is 3.06 bits per heavy atom. The van der Waals surface area contributed by atoms with Crippen molar-refractivity contribution >= 4 is 54.5 Å². The van der Waals surface area contributed by atoms with Crippen LogP contribution in [0.15, 0.2) is 36.0 Å². The van der Waals surface area contributed by atoms with Crippen LogP contribution in [0.5, 0.6) is 0 Å². The minimum atomic E-state index is -0.270. The van der Waals surface area contributed by atoms with Crippen LogP contribution in [0.4, 0.5) is 15.8 Å². The summed E-state index contributed by atoms with van der Waals surface area (Å²) in [6.45, 7) is 6.04. The molecular weight excluding hydrogens is 431 g/mol. The van der Waals surface area contributed by atoms with E-state index < -0.39 is 0 Å². The Morgan fingerprint density at radius 2 is 2.23 bits per heavy atom. The number of likely N-dealkylation sites (N-methyl/N-ethyl adjacent to an activating group) is 1. The zero-order chi connectivity index (χ0) is 21.0. The Kier molecular flexibility index (Phi) is 4.72. The van der Waals surface area contributed by atoms with Crippen LogP contribution in [0.3, 0.4) is 0 Å². The number of anilines is 2. The van der Waals surface area contributed by atoms with Gasteiger partial charge in [-0.15, -0.1) is 22.7 Å². The number of rotatable bonds is 4. The predicted octanol–water partition coefficient (Wildman–Crippen LogP) is 5.76. The molecule has 1 spiro atoms. The molecule has 2 atom stereocenters. The molecule has 2 aliphatic heterocycles. The number of hydrogen-bond acceptors (Lipinski definition) is 7. The molecule has 0 saturated carbocycles. The van der Waals surface area contributed by atoms with Crippen LogP contribution < -0.4 is 5.32 Å². The molecule has 0 radical (unpaired) electrons. The number of likely N-dealkylation sites (tertiary alicyclic amines) is 1. The van der Waals surface area contributed by atoms with Gasteiger partial charge in [-0.2, -0.15) is 0 Å². The van der Waals surface area contributed by atoms with E-state index in [1.165, 1.54) is 16.2 Å². The number of nitrogens with one attached hydrogen (secondary N) is 1. The Morgan fingerprint density at radius 1 is 1.29 bits per heavy atom. The Labute approximate surface area is 187 Å². The molecule has 5 heterocycles. The van der Waals surface area contributed by atoms with E-state index in [9.17, 15) is 4.39 Å². The van der Waals surface area contributed by atoms with Gasteiger partial charge >= 0.3 is 0 Å². The first kappa shape index (κ1) is 19.5. The molecule has 2 fully saturated rings. The van der Waals surface area contributed by atoms with Gasteiger partial charge in [0.1, 0.15) is 10.6 Å². The molecule has 0 bridgehead atoms. The molecule has 160 valence electrons. The first-order valence-electron chi connectivity index (χ1n) is 10.7. The number of thiazole rings is 1. The summed E-state index contributed by atoms with van der Waals surface area (Å²) in [6, 6.07) is 7.51. The fourth-order valence-corrected chi connectivity index (χ4v) is 7.29. The van der Waals surface area contributed by atoms with Crippen LogP contribution in [-0.4, -0.2) is 46.7 Å². The van der Waals surface area contributed by atoms with Crippen LogP contribution in [0.25, 0.3) is 20.4 Å². The van der Waals surface area contributed by atoms with Crippen molar-refractivity contribution in [1.82, 2.24) is 14.9 Å². The van der Waals surface area contributed by atoms with E-state index >= 15 is 0 Å². The van der Waals surface area contributed by atoms with Gasteiger partial charge in [0.05, 0.1) is 39.2 Å². The van der Waals surface area contributed by atoms with Crippen molar-refractivity contribution in [1.29, 1.82) is 0 Å². The number of ether oxygens (including phenoxy) is 1. The number of hydrogen-bond donors (Lipinski definition) is 1. The van der Waals surface area contributed by atoms with Gasteiger partial charge in [0, 0.05) is 29.0 Å². The highest BCUT2D eigenvalue weighted by molar-refractivity contribution is 7.18. The maximum atomic E-state index is 14.7. The summed E-state index contributed by atoms with van der Waals surface area (Å²) in [5.41, 5.74) is 3.97. The monoisotopic (exact) mass is 454 g/mol. The van der Waals surface area contributed by atoms with Crippen LogP contribution in [0, 0.1) is 5.82 Å². The highest BCUT2D eigenvalue weighted by Crippen LogP contribution is 2.50. The van der Waals surface area contributed by atoms with Gasteiger partial charge in [-0.05, 0) is 50.2 Å². The van der Waals surface area contributed by atoms with Crippen molar-refractivity contribution in [2.45, 2.75) is 31.2 Å². The van der Waals surface area contributed by atoms with Crippen LogP contribution in [0.2, 0.25) is 0 Å². The molecule has 3 aromatic heterocycles. The Bertz CT molecular complexity index is 1260. The van der Waals surface area contributed by atoms with Gasteiger partial charge in [0.2, 0.25) is 0 Å². The summed E-state index contributed by atoms with van der Waals surface area (Å²) in [5.74, 6) is 0.179. The molecule has 8 heteroatoms. The van der Waals surface area contributed by atoms with Crippen LogP contribution in [0.1, 0.15) is 30.6 Å². The molecule has 6 rings (SSSR count). The maximum Gasteiger partial charge on any atom is 0.148 e. The summed E-state index contributed by atoms with van der Waals surface area (Å²) in [5, 5.41) is 4.35. The van der Waals surface area contributed by atoms with Gasteiger partial charge < -0.3 is 10.1 Å². The van der Waals surface area contributed by atoms with Crippen molar-refractivity contribution < 1.29 is 9.13 Å². The van der Waals surface area contributed by atoms with Gasteiger partial charge in [-0.25, -0.2) is 14.4 Å². The molecule has 2 saturated heterocycles. The quantitative estimate of drug-likeness (QED) is 0.425. The number of pyridine rings is 1. The van der Waals surface area contributed by atoms with Crippen molar-refractivity contribution in [2.75, 3.05) is 31.6 Å². The largest absolute Gasteiger partial charge is 0.379 e. The van der Waals surface area contributed by atoms with E-state index in [0.717, 1.165) is 65.3 Å². The molecule has 1 aromatic carbocycles. The van der Waals surface area contributed by atoms with Gasteiger partial charge in [0.25, 0.3) is 0 Å². The van der Waals surface area contributed by atoms with E-state index in [2.05, 4.69) is 33.2 Å². The standard InChI is InChI=1S/C23H23FN4OS2/c1-2-28-7-4-15(23(28)5-8-29-12-23)20-9-14-17(3-6-25-22(14)31-20)27-18-11-19-21(10-16(18)24)30-13-26-19/h3,6,9-11,13,15H,2,4-5,7-8,12H2,1H3,(H,25,27)/t15-,23+/m0/s1. The SMILES string of the molecule is CCN1CC[C@@H](c2cc3c(Nc4cc5ncsc5cc4F)ccnc3s2)[C@]12CCOC2. The number of benzene rings is 1. The predicted molar refractivity (Wildman–Crippen MR) is 125 cm³/mol. The zero-order valence-electron chi connectivity index (χ0n) is 17.2. The summed E-state index contributed by atoms with van der Waals surface area (Å²) in [6.07, 6.45) is 4.02. The number of fused-ring (bicyclic) bond motifs is 2. The normalized spacial score (nSPS) is 24.1. The first-order chi connectivity index (χ1) is 15.2. The molecule has 0 amide bonds. The highest BCUT2D eigenvalue weighted by atomic mass is 32.1. The van der Waals surface area contributed by atoms with E-state index in [-0.39, 0.29) is 11.4 Å². The van der Waals surface area contributed by atoms with E-state index in [1.54, 1.807) is 35.2 Å². The molecule has 31 heavy (non-hydrogen) atoms. The lowest BCUT2D eigenvalue weighted by atomic mass is 9.82. The lowest BCUT2D eigenvalue weighted by molar-refractivity contribution is 0.0963. The van der Waals surface area contributed by atoms with Crippen molar-refractivity contribution in [3.05, 3.63) is 46.7 Å².